The number of fused-ring (bicyclic) bond motifs is 2. The summed E-state index contributed by atoms with van der Waals surface area (Å²) in [6.07, 6.45) is 2.12. The summed E-state index contributed by atoms with van der Waals surface area (Å²) >= 11 is 0. The molecule has 0 radical (unpaired) electrons. The van der Waals surface area contributed by atoms with Crippen LogP contribution in [0, 0.1) is 5.92 Å². The number of rotatable bonds is 0. The largest absolute Gasteiger partial charge is 0.390 e. The van der Waals surface area contributed by atoms with Crippen molar-refractivity contribution in [3.63, 3.8) is 0 Å². The van der Waals surface area contributed by atoms with Crippen LogP contribution in [-0.4, -0.2) is 23.9 Å². The van der Waals surface area contributed by atoms with E-state index in [1.54, 1.807) is 0 Å². The van der Waals surface area contributed by atoms with Crippen molar-refractivity contribution in [2.45, 2.75) is 25.0 Å². The topological polar surface area (TPSA) is 29.5 Å². The molecule has 2 rings (SSSR count). The molecule has 8 heavy (non-hydrogen) atoms. The van der Waals surface area contributed by atoms with E-state index < -0.39 is 0 Å². The average molecular weight is 114 g/mol. The first-order chi connectivity index (χ1) is 3.86. The van der Waals surface area contributed by atoms with Gasteiger partial charge in [-0.15, -0.1) is 0 Å². The molecule has 1 heterocycles. The van der Waals surface area contributed by atoms with Gasteiger partial charge in [-0.3, -0.25) is 0 Å². The Bertz CT molecular complexity index is 101. The van der Waals surface area contributed by atoms with Crippen molar-refractivity contribution in [2.24, 2.45) is 5.92 Å². The smallest absolute Gasteiger partial charge is 0.0837 e. The minimum atomic E-state index is -0.145. The van der Waals surface area contributed by atoms with Gasteiger partial charge < -0.3 is 9.84 Å². The summed E-state index contributed by atoms with van der Waals surface area (Å²) in [6.45, 7) is 0.891. The first kappa shape index (κ1) is 4.77. The number of hydrogen-bond acceptors (Lipinski definition) is 2. The van der Waals surface area contributed by atoms with E-state index in [1.165, 1.54) is 0 Å². The summed E-state index contributed by atoms with van der Waals surface area (Å²) in [5, 5.41) is 9.09. The van der Waals surface area contributed by atoms with Crippen molar-refractivity contribution < 1.29 is 9.84 Å². The Hall–Kier alpha value is -0.0800. The van der Waals surface area contributed by atoms with Gasteiger partial charge in [0.15, 0.2) is 0 Å². The van der Waals surface area contributed by atoms with Gasteiger partial charge in [0, 0.05) is 0 Å². The third-order valence-electron chi connectivity index (χ3n) is 2.12. The maximum atomic E-state index is 9.09. The van der Waals surface area contributed by atoms with Crippen molar-refractivity contribution in [1.29, 1.82) is 0 Å². The van der Waals surface area contributed by atoms with Crippen molar-refractivity contribution in [2.75, 3.05) is 6.61 Å². The lowest BCUT2D eigenvalue weighted by molar-refractivity contribution is -0.0233. The SMILES string of the molecule is O[C@@H]1C[C@H]2CO[C@@H]1C2. The van der Waals surface area contributed by atoms with E-state index in [0.29, 0.717) is 5.92 Å². The molecule has 1 aliphatic heterocycles. The monoisotopic (exact) mass is 114 g/mol. The maximum Gasteiger partial charge on any atom is 0.0837 e. The van der Waals surface area contributed by atoms with Crippen LogP contribution in [-0.2, 0) is 4.74 Å². The van der Waals surface area contributed by atoms with E-state index in [-0.39, 0.29) is 12.2 Å². The van der Waals surface area contributed by atoms with Crippen LogP contribution in [0.5, 0.6) is 0 Å². The standard InChI is InChI=1S/C6H10O2/c7-5-1-4-2-6(5)8-3-4/h4-7H,1-3H2/t4-,5-,6-/m1/s1. The van der Waals surface area contributed by atoms with Crippen LogP contribution in [0.3, 0.4) is 0 Å². The van der Waals surface area contributed by atoms with Crippen LogP contribution < -0.4 is 0 Å². The van der Waals surface area contributed by atoms with Crippen LogP contribution in [0.25, 0.3) is 0 Å². The minimum absolute atomic E-state index is 0.145. The Kier molecular flexibility index (Phi) is 0.866. The molecule has 2 bridgehead atoms. The second-order valence-electron chi connectivity index (χ2n) is 2.78. The van der Waals surface area contributed by atoms with Gasteiger partial charge in [-0.1, -0.05) is 0 Å². The van der Waals surface area contributed by atoms with Crippen LogP contribution >= 0.6 is 0 Å². The molecule has 2 aliphatic rings. The summed E-state index contributed by atoms with van der Waals surface area (Å²) in [7, 11) is 0. The zero-order valence-electron chi connectivity index (χ0n) is 4.71. The van der Waals surface area contributed by atoms with Gasteiger partial charge in [0.05, 0.1) is 18.8 Å². The molecule has 46 valence electrons. The minimum Gasteiger partial charge on any atom is -0.390 e. The van der Waals surface area contributed by atoms with Gasteiger partial charge in [0.2, 0.25) is 0 Å². The molecule has 2 heteroatoms. The molecule has 1 saturated heterocycles. The summed E-state index contributed by atoms with van der Waals surface area (Å²) in [4.78, 5) is 0. The van der Waals surface area contributed by atoms with E-state index >= 15 is 0 Å². The fourth-order valence-corrected chi connectivity index (χ4v) is 1.65. The van der Waals surface area contributed by atoms with Gasteiger partial charge in [-0.2, -0.15) is 0 Å². The summed E-state index contributed by atoms with van der Waals surface area (Å²) in [6, 6.07) is 0. The van der Waals surface area contributed by atoms with E-state index in [2.05, 4.69) is 0 Å². The molecule has 2 nitrogen and oxygen atoms in total. The van der Waals surface area contributed by atoms with Crippen molar-refractivity contribution in [3.05, 3.63) is 0 Å². The van der Waals surface area contributed by atoms with E-state index in [4.69, 9.17) is 9.84 Å². The number of aliphatic hydroxyl groups excluding tert-OH is 1. The van der Waals surface area contributed by atoms with Gasteiger partial charge in [0.1, 0.15) is 0 Å². The Morgan fingerprint density at radius 2 is 2.25 bits per heavy atom. The molecule has 0 aromatic carbocycles. The molecule has 1 saturated carbocycles. The highest BCUT2D eigenvalue weighted by atomic mass is 16.5. The molecule has 3 atom stereocenters. The van der Waals surface area contributed by atoms with Crippen LogP contribution in [0.1, 0.15) is 12.8 Å². The Labute approximate surface area is 48.5 Å². The lowest BCUT2D eigenvalue weighted by Crippen LogP contribution is -2.24. The van der Waals surface area contributed by atoms with Gasteiger partial charge >= 0.3 is 0 Å². The zero-order valence-corrected chi connectivity index (χ0v) is 4.71. The molecule has 1 aliphatic carbocycles. The van der Waals surface area contributed by atoms with E-state index in [0.717, 1.165) is 19.4 Å². The third-order valence-corrected chi connectivity index (χ3v) is 2.12. The third kappa shape index (κ3) is 0.501. The van der Waals surface area contributed by atoms with Gasteiger partial charge in [0.25, 0.3) is 0 Å². The summed E-state index contributed by atoms with van der Waals surface area (Å²) < 4.78 is 5.21. The average Bonchev–Trinajstić information content (AvgIpc) is 2.23. The zero-order chi connectivity index (χ0) is 5.56. The predicted molar refractivity (Wildman–Crippen MR) is 28.5 cm³/mol. The fraction of sp³-hybridized carbons (Fsp3) is 1.00. The Balaban J connectivity index is 2.11. The normalized spacial score (nSPS) is 52.9. The van der Waals surface area contributed by atoms with Crippen LogP contribution in [0.4, 0.5) is 0 Å². The maximum absolute atomic E-state index is 9.09. The van der Waals surface area contributed by atoms with Crippen molar-refractivity contribution in [3.8, 4) is 0 Å². The number of hydrogen-bond donors (Lipinski definition) is 1. The fourth-order valence-electron chi connectivity index (χ4n) is 1.65. The lowest BCUT2D eigenvalue weighted by atomic mass is 10.1. The summed E-state index contributed by atoms with van der Waals surface area (Å²) in [5.41, 5.74) is 0. The molecule has 0 aromatic rings. The quantitative estimate of drug-likeness (QED) is 0.486. The second-order valence-corrected chi connectivity index (χ2v) is 2.78. The number of ether oxygens (including phenoxy) is 1. The highest BCUT2D eigenvalue weighted by molar-refractivity contribution is 4.88. The van der Waals surface area contributed by atoms with Crippen LogP contribution in [0.2, 0.25) is 0 Å². The van der Waals surface area contributed by atoms with Crippen LogP contribution in [0.15, 0.2) is 0 Å². The molecule has 0 amide bonds. The van der Waals surface area contributed by atoms with Crippen molar-refractivity contribution >= 4 is 0 Å². The predicted octanol–water partition coefficient (Wildman–Crippen LogP) is 0.156. The highest BCUT2D eigenvalue weighted by Crippen LogP contribution is 2.34. The molecule has 0 aromatic heterocycles. The highest BCUT2D eigenvalue weighted by Gasteiger charge is 2.39. The van der Waals surface area contributed by atoms with Crippen molar-refractivity contribution in [1.82, 2.24) is 0 Å². The lowest BCUT2D eigenvalue weighted by Gasteiger charge is -2.15. The molecule has 2 fully saturated rings. The van der Waals surface area contributed by atoms with E-state index in [1.807, 2.05) is 0 Å². The first-order valence-electron chi connectivity index (χ1n) is 3.16. The molecular weight excluding hydrogens is 104 g/mol. The Morgan fingerprint density at radius 3 is 2.50 bits per heavy atom. The van der Waals surface area contributed by atoms with E-state index in [9.17, 15) is 0 Å². The molecular formula is C6H10O2. The Morgan fingerprint density at radius 1 is 1.38 bits per heavy atom. The molecule has 0 spiro atoms. The first-order valence-corrected chi connectivity index (χ1v) is 3.16. The van der Waals surface area contributed by atoms with Gasteiger partial charge in [-0.25, -0.2) is 0 Å². The molecule has 1 N–H and O–H groups in total. The molecule has 0 unspecified atom stereocenters. The van der Waals surface area contributed by atoms with Gasteiger partial charge in [-0.05, 0) is 18.8 Å². The summed E-state index contributed by atoms with van der Waals surface area (Å²) in [5.74, 6) is 0.676. The number of aliphatic hydroxyl groups is 1. The second kappa shape index (κ2) is 1.45.